The Morgan fingerprint density at radius 2 is 1.94 bits per heavy atom. The largest absolute Gasteiger partial charge is 0.481 e. The standard InChI is InChI=1S/C14H25NO3/c1-10-9-15(8-6-11(10)13(17)18)12(16)5-7-14(2,3)4/h10-11H,5-9H2,1-4H3,(H,17,18). The molecule has 2 atom stereocenters. The third-order valence-electron chi connectivity index (χ3n) is 3.66. The Hall–Kier alpha value is -1.06. The maximum Gasteiger partial charge on any atom is 0.306 e. The number of nitrogens with zero attached hydrogens (tertiary/aromatic N) is 1. The van der Waals surface area contributed by atoms with Crippen LogP contribution in [0.25, 0.3) is 0 Å². The summed E-state index contributed by atoms with van der Waals surface area (Å²) in [6, 6.07) is 0. The van der Waals surface area contributed by atoms with Crippen LogP contribution in [0.1, 0.15) is 47.0 Å². The Morgan fingerprint density at radius 1 is 1.33 bits per heavy atom. The van der Waals surface area contributed by atoms with Crippen LogP contribution in [-0.2, 0) is 9.59 Å². The maximum absolute atomic E-state index is 12.0. The van der Waals surface area contributed by atoms with E-state index in [0.29, 0.717) is 25.9 Å². The molecule has 0 saturated carbocycles. The number of likely N-dealkylation sites (tertiary alicyclic amines) is 1. The Kier molecular flexibility index (Phi) is 4.77. The average Bonchev–Trinajstić information content (AvgIpc) is 2.24. The van der Waals surface area contributed by atoms with Gasteiger partial charge in [0, 0.05) is 19.5 Å². The highest BCUT2D eigenvalue weighted by atomic mass is 16.4. The molecule has 1 saturated heterocycles. The van der Waals surface area contributed by atoms with Gasteiger partial charge >= 0.3 is 5.97 Å². The van der Waals surface area contributed by atoms with Gasteiger partial charge in [-0.25, -0.2) is 0 Å². The fourth-order valence-corrected chi connectivity index (χ4v) is 2.38. The lowest BCUT2D eigenvalue weighted by atomic mass is 9.86. The van der Waals surface area contributed by atoms with Gasteiger partial charge in [0.15, 0.2) is 0 Å². The zero-order chi connectivity index (χ0) is 13.9. The molecule has 1 rings (SSSR count). The molecule has 0 spiro atoms. The molecule has 2 unspecified atom stereocenters. The van der Waals surface area contributed by atoms with E-state index in [-0.39, 0.29) is 23.2 Å². The summed E-state index contributed by atoms with van der Waals surface area (Å²) in [7, 11) is 0. The molecule has 1 aliphatic rings. The summed E-state index contributed by atoms with van der Waals surface area (Å²) >= 11 is 0. The van der Waals surface area contributed by atoms with Crippen molar-refractivity contribution < 1.29 is 14.7 Å². The second kappa shape index (κ2) is 5.72. The lowest BCUT2D eigenvalue weighted by Gasteiger charge is -2.35. The molecule has 18 heavy (non-hydrogen) atoms. The first kappa shape index (κ1) is 15.0. The van der Waals surface area contributed by atoms with E-state index >= 15 is 0 Å². The van der Waals surface area contributed by atoms with Crippen LogP contribution in [0.5, 0.6) is 0 Å². The summed E-state index contributed by atoms with van der Waals surface area (Å²) in [6.45, 7) is 9.46. The third-order valence-corrected chi connectivity index (χ3v) is 3.66. The molecule has 0 aromatic rings. The zero-order valence-electron chi connectivity index (χ0n) is 11.9. The number of carboxylic acids is 1. The fraction of sp³-hybridized carbons (Fsp3) is 0.857. The van der Waals surface area contributed by atoms with Crippen LogP contribution in [0.3, 0.4) is 0 Å². The van der Waals surface area contributed by atoms with Gasteiger partial charge in [0.05, 0.1) is 5.92 Å². The van der Waals surface area contributed by atoms with Crippen LogP contribution in [-0.4, -0.2) is 35.0 Å². The maximum atomic E-state index is 12.0. The van der Waals surface area contributed by atoms with E-state index in [1.54, 1.807) is 0 Å². The van der Waals surface area contributed by atoms with Crippen molar-refractivity contribution in [2.24, 2.45) is 17.3 Å². The molecule has 1 aliphatic heterocycles. The second-order valence-corrected chi connectivity index (χ2v) is 6.61. The van der Waals surface area contributed by atoms with Crippen molar-refractivity contribution in [1.82, 2.24) is 4.90 Å². The second-order valence-electron chi connectivity index (χ2n) is 6.61. The fourth-order valence-electron chi connectivity index (χ4n) is 2.38. The smallest absolute Gasteiger partial charge is 0.306 e. The van der Waals surface area contributed by atoms with Gasteiger partial charge in [-0.1, -0.05) is 27.7 Å². The van der Waals surface area contributed by atoms with Gasteiger partial charge in [-0.2, -0.15) is 0 Å². The summed E-state index contributed by atoms with van der Waals surface area (Å²) < 4.78 is 0. The molecule has 4 heteroatoms. The molecule has 0 radical (unpaired) electrons. The molecule has 0 aromatic carbocycles. The lowest BCUT2D eigenvalue weighted by Crippen LogP contribution is -2.45. The summed E-state index contributed by atoms with van der Waals surface area (Å²) in [4.78, 5) is 24.9. The highest BCUT2D eigenvalue weighted by Crippen LogP contribution is 2.26. The quantitative estimate of drug-likeness (QED) is 0.842. The van der Waals surface area contributed by atoms with E-state index in [0.717, 1.165) is 6.42 Å². The number of carbonyl (C=O) groups excluding carboxylic acids is 1. The first-order chi connectivity index (χ1) is 8.20. The van der Waals surface area contributed by atoms with E-state index in [1.165, 1.54) is 0 Å². The van der Waals surface area contributed by atoms with E-state index in [2.05, 4.69) is 20.8 Å². The van der Waals surface area contributed by atoms with Crippen LogP contribution in [0.4, 0.5) is 0 Å². The molecule has 1 amide bonds. The van der Waals surface area contributed by atoms with Gasteiger partial charge in [0.1, 0.15) is 0 Å². The highest BCUT2D eigenvalue weighted by Gasteiger charge is 2.32. The molecule has 1 N–H and O–H groups in total. The Bertz CT molecular complexity index is 319. The lowest BCUT2D eigenvalue weighted by molar-refractivity contribution is -0.148. The van der Waals surface area contributed by atoms with E-state index in [4.69, 9.17) is 5.11 Å². The van der Waals surface area contributed by atoms with E-state index in [1.807, 2.05) is 11.8 Å². The summed E-state index contributed by atoms with van der Waals surface area (Å²) in [5.41, 5.74) is 0.167. The van der Waals surface area contributed by atoms with Gasteiger partial charge in [-0.05, 0) is 24.2 Å². The molecular weight excluding hydrogens is 230 g/mol. The van der Waals surface area contributed by atoms with Gasteiger partial charge in [-0.15, -0.1) is 0 Å². The molecule has 0 bridgehead atoms. The zero-order valence-corrected chi connectivity index (χ0v) is 11.9. The number of amides is 1. The number of carbonyl (C=O) groups is 2. The Labute approximate surface area is 109 Å². The summed E-state index contributed by atoms with van der Waals surface area (Å²) in [5, 5.41) is 9.04. The van der Waals surface area contributed by atoms with E-state index in [9.17, 15) is 9.59 Å². The summed E-state index contributed by atoms with van der Waals surface area (Å²) in [5.74, 6) is -0.809. The minimum Gasteiger partial charge on any atom is -0.481 e. The number of rotatable bonds is 3. The number of hydrogen-bond donors (Lipinski definition) is 1. The predicted molar refractivity (Wildman–Crippen MR) is 70.2 cm³/mol. The molecule has 0 aliphatic carbocycles. The molecule has 1 heterocycles. The monoisotopic (exact) mass is 255 g/mol. The van der Waals surface area contributed by atoms with Gasteiger partial charge < -0.3 is 10.0 Å². The van der Waals surface area contributed by atoms with Gasteiger partial charge in [0.25, 0.3) is 0 Å². The van der Waals surface area contributed by atoms with Crippen molar-refractivity contribution in [3.8, 4) is 0 Å². The summed E-state index contributed by atoms with van der Waals surface area (Å²) in [6.07, 6.45) is 2.02. The van der Waals surface area contributed by atoms with Crippen LogP contribution in [0.2, 0.25) is 0 Å². The number of hydrogen-bond acceptors (Lipinski definition) is 2. The SMILES string of the molecule is CC1CN(C(=O)CCC(C)(C)C)CCC1C(=O)O. The van der Waals surface area contributed by atoms with Crippen molar-refractivity contribution in [2.75, 3.05) is 13.1 Å². The van der Waals surface area contributed by atoms with Crippen molar-refractivity contribution in [3.05, 3.63) is 0 Å². The molecule has 104 valence electrons. The number of piperidine rings is 1. The van der Waals surface area contributed by atoms with Crippen molar-refractivity contribution in [1.29, 1.82) is 0 Å². The van der Waals surface area contributed by atoms with Crippen LogP contribution in [0, 0.1) is 17.3 Å². The Balaban J connectivity index is 2.46. The van der Waals surface area contributed by atoms with Crippen molar-refractivity contribution in [2.45, 2.75) is 47.0 Å². The number of carboxylic acid groups (broad SMARTS) is 1. The van der Waals surface area contributed by atoms with Gasteiger partial charge in [0.2, 0.25) is 5.91 Å². The van der Waals surface area contributed by atoms with Crippen molar-refractivity contribution in [3.63, 3.8) is 0 Å². The molecule has 4 nitrogen and oxygen atoms in total. The topological polar surface area (TPSA) is 57.6 Å². The average molecular weight is 255 g/mol. The van der Waals surface area contributed by atoms with Crippen LogP contribution in [0.15, 0.2) is 0 Å². The Morgan fingerprint density at radius 3 is 2.39 bits per heavy atom. The predicted octanol–water partition coefficient (Wildman–Crippen LogP) is 2.38. The number of aliphatic carboxylic acids is 1. The minimum atomic E-state index is -0.732. The molecule has 1 fully saturated rings. The highest BCUT2D eigenvalue weighted by molar-refractivity contribution is 5.77. The van der Waals surface area contributed by atoms with E-state index < -0.39 is 5.97 Å². The molecule has 0 aromatic heterocycles. The normalized spacial score (nSPS) is 25.0. The van der Waals surface area contributed by atoms with Crippen LogP contribution >= 0.6 is 0 Å². The first-order valence-corrected chi connectivity index (χ1v) is 6.71. The molecular formula is C14H25NO3. The van der Waals surface area contributed by atoms with Crippen molar-refractivity contribution >= 4 is 11.9 Å². The third kappa shape index (κ3) is 4.31. The minimum absolute atomic E-state index is 0.0508. The van der Waals surface area contributed by atoms with Gasteiger partial charge in [-0.3, -0.25) is 9.59 Å². The first-order valence-electron chi connectivity index (χ1n) is 6.71. The van der Waals surface area contributed by atoms with Crippen LogP contribution < -0.4 is 0 Å².